The molecule has 0 radical (unpaired) electrons. The molecule has 0 saturated carbocycles. The number of hydrogen-bond donors (Lipinski definition) is 1. The minimum atomic E-state index is -1.13. The summed E-state index contributed by atoms with van der Waals surface area (Å²) in [7, 11) is -1.13. The Balaban J connectivity index is 2.29. The van der Waals surface area contributed by atoms with E-state index in [1.165, 1.54) is 0 Å². The highest BCUT2D eigenvalue weighted by Gasteiger charge is 2.17. The van der Waals surface area contributed by atoms with Gasteiger partial charge in [0.1, 0.15) is 22.9 Å². The van der Waals surface area contributed by atoms with E-state index < -0.39 is 8.07 Å². The number of nitrogens with zero attached hydrogens (tertiary/aromatic N) is 3. The van der Waals surface area contributed by atoms with Gasteiger partial charge in [0, 0.05) is 26.8 Å². The summed E-state index contributed by atoms with van der Waals surface area (Å²) in [5, 5.41) is 7.90. The molecule has 0 aliphatic heterocycles. The first-order valence-corrected chi connectivity index (χ1v) is 11.8. The van der Waals surface area contributed by atoms with Crippen LogP contribution in [0.15, 0.2) is 6.07 Å². The molecule has 0 aliphatic rings. The maximum absolute atomic E-state index is 11.4. The van der Waals surface area contributed by atoms with Gasteiger partial charge in [0.25, 0.3) is 0 Å². The summed E-state index contributed by atoms with van der Waals surface area (Å²) in [4.78, 5) is 15.7. The summed E-state index contributed by atoms with van der Waals surface area (Å²) in [5.74, 6) is 0.613. The van der Waals surface area contributed by atoms with Crippen molar-refractivity contribution < 1.29 is 9.53 Å². The van der Waals surface area contributed by atoms with E-state index in [2.05, 4.69) is 35.0 Å². The quantitative estimate of drug-likeness (QED) is 0.339. The van der Waals surface area contributed by atoms with Crippen LogP contribution in [-0.2, 0) is 11.5 Å². The molecular weight excluding hydrogens is 332 g/mol. The zero-order chi connectivity index (χ0) is 17.0. The fourth-order valence-electron chi connectivity index (χ4n) is 2.18. The molecule has 0 spiro atoms. The Bertz CT molecular complexity index is 697. The lowest BCUT2D eigenvalue weighted by Crippen LogP contribution is -2.22. The lowest BCUT2D eigenvalue weighted by Gasteiger charge is -2.15. The Hall–Kier alpha value is -1.44. The second-order valence-electron chi connectivity index (χ2n) is 6.58. The molecule has 2 aromatic rings. The summed E-state index contributed by atoms with van der Waals surface area (Å²) >= 11 is 6.00. The lowest BCUT2D eigenvalue weighted by molar-refractivity contribution is 0.0817. The number of nitrogens with one attached hydrogen (secondary N) is 1. The fourth-order valence-corrected chi connectivity index (χ4v) is 3.14. The van der Waals surface area contributed by atoms with Crippen LogP contribution in [0.4, 0.5) is 5.82 Å². The third-order valence-electron chi connectivity index (χ3n) is 3.38. The maximum Gasteiger partial charge on any atom is 0.174 e. The minimum Gasteiger partial charge on any atom is -0.367 e. The van der Waals surface area contributed by atoms with Gasteiger partial charge in [-0.2, -0.15) is 5.10 Å². The van der Waals surface area contributed by atoms with E-state index in [0.717, 1.165) is 12.3 Å². The molecule has 1 N–H and O–H groups in total. The van der Waals surface area contributed by atoms with Gasteiger partial charge in [-0.15, -0.1) is 0 Å². The second-order valence-corrected chi connectivity index (χ2v) is 12.6. The van der Waals surface area contributed by atoms with Gasteiger partial charge in [0.2, 0.25) is 0 Å². The average Bonchev–Trinajstić information content (AvgIpc) is 2.80. The van der Waals surface area contributed by atoms with Gasteiger partial charge >= 0.3 is 0 Å². The first-order chi connectivity index (χ1) is 10.9. The van der Waals surface area contributed by atoms with Crippen molar-refractivity contribution >= 4 is 42.8 Å². The van der Waals surface area contributed by atoms with E-state index in [9.17, 15) is 4.79 Å². The second kappa shape index (κ2) is 7.42. The Morgan fingerprint density at radius 1 is 1.43 bits per heavy atom. The molecule has 23 heavy (non-hydrogen) atoms. The predicted molar refractivity (Wildman–Crippen MR) is 96.2 cm³/mol. The fraction of sp³-hybridized carbons (Fsp3) is 0.533. The molecule has 0 aromatic carbocycles. The number of anilines is 1. The third-order valence-corrected chi connectivity index (χ3v) is 5.27. The summed E-state index contributed by atoms with van der Waals surface area (Å²) in [6.07, 6.45) is 0.770. The van der Waals surface area contributed by atoms with Crippen molar-refractivity contribution in [1.82, 2.24) is 14.8 Å². The van der Waals surface area contributed by atoms with Gasteiger partial charge < -0.3 is 10.1 Å². The van der Waals surface area contributed by atoms with E-state index in [1.54, 1.807) is 10.7 Å². The zero-order valence-corrected chi connectivity index (χ0v) is 15.8. The summed E-state index contributed by atoms with van der Waals surface area (Å²) in [6, 6.07) is 2.63. The topological polar surface area (TPSA) is 69.0 Å². The van der Waals surface area contributed by atoms with Crippen molar-refractivity contribution in [2.75, 3.05) is 18.5 Å². The molecule has 0 unspecified atom stereocenters. The Morgan fingerprint density at radius 2 is 2.17 bits per heavy atom. The number of fused-ring (bicyclic) bond motifs is 1. The van der Waals surface area contributed by atoms with Gasteiger partial charge in [-0.05, 0) is 19.0 Å². The molecule has 0 saturated heterocycles. The highest BCUT2D eigenvalue weighted by molar-refractivity contribution is 6.76. The number of ether oxygens (including phenoxy) is 1. The summed E-state index contributed by atoms with van der Waals surface area (Å²) in [6.45, 7) is 10.6. The monoisotopic (exact) mass is 354 g/mol. The van der Waals surface area contributed by atoms with Crippen LogP contribution in [0, 0.1) is 0 Å². The van der Waals surface area contributed by atoms with Crippen molar-refractivity contribution in [1.29, 1.82) is 0 Å². The molecular formula is C15H23ClN4O2Si. The molecule has 0 atom stereocenters. The number of rotatable bonds is 8. The van der Waals surface area contributed by atoms with E-state index in [0.29, 0.717) is 35.6 Å². The molecule has 0 aliphatic carbocycles. The van der Waals surface area contributed by atoms with Gasteiger partial charge in [-0.1, -0.05) is 31.2 Å². The molecule has 0 fully saturated rings. The smallest absolute Gasteiger partial charge is 0.174 e. The largest absolute Gasteiger partial charge is 0.367 e. The molecule has 0 amide bonds. The number of halogens is 1. The van der Waals surface area contributed by atoms with E-state index >= 15 is 0 Å². The number of pyridine rings is 1. The van der Waals surface area contributed by atoms with Gasteiger partial charge in [0.05, 0.1) is 0 Å². The Morgan fingerprint density at radius 3 is 2.78 bits per heavy atom. The van der Waals surface area contributed by atoms with Crippen molar-refractivity contribution in [2.24, 2.45) is 0 Å². The van der Waals surface area contributed by atoms with Gasteiger partial charge in [-0.25, -0.2) is 9.67 Å². The Labute approximate surface area is 142 Å². The van der Waals surface area contributed by atoms with Crippen molar-refractivity contribution in [3.63, 3.8) is 0 Å². The number of hydrogen-bond acceptors (Lipinski definition) is 5. The zero-order valence-electron chi connectivity index (χ0n) is 14.0. The molecule has 0 bridgehead atoms. The van der Waals surface area contributed by atoms with Crippen LogP contribution in [-0.4, -0.2) is 42.3 Å². The highest BCUT2D eigenvalue weighted by Crippen LogP contribution is 2.26. The molecule has 2 heterocycles. The van der Waals surface area contributed by atoms with Gasteiger partial charge in [0.15, 0.2) is 12.1 Å². The predicted octanol–water partition coefficient (Wildman–Crippen LogP) is 3.64. The number of carbonyl (C=O) groups excluding carboxylic acids is 1. The van der Waals surface area contributed by atoms with E-state index in [-0.39, 0.29) is 11.9 Å². The van der Waals surface area contributed by atoms with Crippen LogP contribution in [0.25, 0.3) is 11.0 Å². The summed E-state index contributed by atoms with van der Waals surface area (Å²) < 4.78 is 7.43. The van der Waals surface area contributed by atoms with Crippen molar-refractivity contribution in [3.8, 4) is 0 Å². The number of aldehydes is 1. The first kappa shape index (κ1) is 17.9. The van der Waals surface area contributed by atoms with Crippen LogP contribution in [0.1, 0.15) is 17.3 Å². The van der Waals surface area contributed by atoms with Crippen LogP contribution in [0.3, 0.4) is 0 Å². The summed E-state index contributed by atoms with van der Waals surface area (Å²) in [5.41, 5.74) is 1.70. The van der Waals surface area contributed by atoms with Gasteiger partial charge in [-0.3, -0.25) is 4.79 Å². The van der Waals surface area contributed by atoms with E-state index in [4.69, 9.17) is 16.3 Å². The SMILES string of the molecule is CCNc1nn(COCC[Si](C)(C)C)c2c(C=O)cc(Cl)nc12. The first-order valence-electron chi connectivity index (χ1n) is 7.69. The standard InChI is InChI=1S/C15H23ClN4O2Si/c1-5-17-15-13-14(11(9-21)8-12(16)18-13)20(19-15)10-22-6-7-23(2,3)4/h8-9H,5-7,10H2,1-4H3,(H,17,19). The van der Waals surface area contributed by atoms with Crippen molar-refractivity contribution in [3.05, 3.63) is 16.8 Å². The molecule has 2 rings (SSSR count). The van der Waals surface area contributed by atoms with Crippen LogP contribution in [0.5, 0.6) is 0 Å². The normalized spacial score (nSPS) is 11.9. The van der Waals surface area contributed by atoms with Crippen LogP contribution < -0.4 is 5.32 Å². The molecule has 8 heteroatoms. The number of carbonyl (C=O) groups is 1. The minimum absolute atomic E-state index is 0.276. The van der Waals surface area contributed by atoms with Crippen LogP contribution in [0.2, 0.25) is 30.8 Å². The maximum atomic E-state index is 11.4. The Kier molecular flexibility index (Phi) is 5.77. The molecule has 126 valence electrons. The van der Waals surface area contributed by atoms with E-state index in [1.807, 2.05) is 6.92 Å². The molecule has 2 aromatic heterocycles. The lowest BCUT2D eigenvalue weighted by atomic mass is 10.2. The third kappa shape index (κ3) is 4.52. The highest BCUT2D eigenvalue weighted by atomic mass is 35.5. The van der Waals surface area contributed by atoms with Crippen molar-refractivity contribution in [2.45, 2.75) is 39.3 Å². The number of aromatic nitrogens is 3. The molecule has 6 nitrogen and oxygen atoms in total. The van der Waals surface area contributed by atoms with Crippen LogP contribution >= 0.6 is 11.6 Å². The average molecular weight is 355 g/mol.